The van der Waals surface area contributed by atoms with Crippen molar-refractivity contribution in [2.45, 2.75) is 18.4 Å². The first-order valence-electron chi connectivity index (χ1n) is 6.36. The number of hydrogen-bond donors (Lipinski definition) is 2. The maximum Gasteiger partial charge on any atom is 0.242 e. The van der Waals surface area contributed by atoms with Crippen LogP contribution in [0.3, 0.4) is 0 Å². The van der Waals surface area contributed by atoms with Crippen molar-refractivity contribution in [3.8, 4) is 0 Å². The molecule has 0 aliphatic carbocycles. The van der Waals surface area contributed by atoms with Crippen molar-refractivity contribution in [2.75, 3.05) is 11.9 Å². The van der Waals surface area contributed by atoms with Crippen molar-refractivity contribution in [3.63, 3.8) is 0 Å². The van der Waals surface area contributed by atoms with E-state index in [0.29, 0.717) is 17.9 Å². The van der Waals surface area contributed by atoms with Gasteiger partial charge in [0.2, 0.25) is 10.0 Å². The van der Waals surface area contributed by atoms with Crippen molar-refractivity contribution in [2.24, 2.45) is 0 Å². The molecule has 0 atom stereocenters. The van der Waals surface area contributed by atoms with Gasteiger partial charge in [-0.25, -0.2) is 13.1 Å². The molecule has 6 heteroatoms. The Balaban J connectivity index is 2.18. The van der Waals surface area contributed by atoms with Crippen LogP contribution in [0.5, 0.6) is 0 Å². The Kier molecular flexibility index (Phi) is 4.70. The highest BCUT2D eigenvalue weighted by Gasteiger charge is 2.17. The highest BCUT2D eigenvalue weighted by Crippen LogP contribution is 2.20. The zero-order chi connectivity index (χ0) is 14.4. The van der Waals surface area contributed by atoms with Crippen LogP contribution in [0.1, 0.15) is 12.6 Å². The number of rotatable bonds is 6. The van der Waals surface area contributed by atoms with Gasteiger partial charge < -0.3 is 5.32 Å². The van der Waals surface area contributed by atoms with Crippen molar-refractivity contribution in [3.05, 3.63) is 54.4 Å². The van der Waals surface area contributed by atoms with E-state index < -0.39 is 10.0 Å². The van der Waals surface area contributed by atoms with Crippen LogP contribution in [0.15, 0.2) is 53.6 Å². The third-order valence-corrected chi connectivity index (χ3v) is 4.17. The fourth-order valence-corrected chi connectivity index (χ4v) is 2.97. The molecule has 2 rings (SSSR count). The molecule has 0 spiro atoms. The molecule has 0 amide bonds. The van der Waals surface area contributed by atoms with Gasteiger partial charge in [-0.15, -0.1) is 0 Å². The molecule has 0 fully saturated rings. The van der Waals surface area contributed by atoms with Crippen LogP contribution in [0.2, 0.25) is 0 Å². The molecule has 0 aliphatic rings. The molecule has 2 N–H and O–H groups in total. The van der Waals surface area contributed by atoms with Gasteiger partial charge in [0.1, 0.15) is 4.90 Å². The summed E-state index contributed by atoms with van der Waals surface area (Å²) in [6.45, 7) is 2.75. The van der Waals surface area contributed by atoms with Crippen LogP contribution in [0, 0.1) is 0 Å². The number of hydrogen-bond acceptors (Lipinski definition) is 4. The second kappa shape index (κ2) is 6.49. The molecule has 0 unspecified atom stereocenters. The van der Waals surface area contributed by atoms with Crippen molar-refractivity contribution in [1.29, 1.82) is 0 Å². The Morgan fingerprint density at radius 2 is 1.85 bits per heavy atom. The quantitative estimate of drug-likeness (QED) is 0.854. The minimum atomic E-state index is -3.56. The second-order valence-corrected chi connectivity index (χ2v) is 5.91. The van der Waals surface area contributed by atoms with E-state index >= 15 is 0 Å². The lowest BCUT2D eigenvalue weighted by Gasteiger charge is -2.12. The molecule has 0 aliphatic heterocycles. The van der Waals surface area contributed by atoms with Crippen LogP contribution >= 0.6 is 0 Å². The number of nitrogens with zero attached hydrogens (tertiary/aromatic N) is 1. The average Bonchev–Trinajstić information content (AvgIpc) is 2.47. The normalized spacial score (nSPS) is 11.2. The molecule has 1 heterocycles. The highest BCUT2D eigenvalue weighted by molar-refractivity contribution is 7.89. The molecular weight excluding hydrogens is 274 g/mol. The Hall–Kier alpha value is -1.92. The smallest absolute Gasteiger partial charge is 0.242 e. The second-order valence-electron chi connectivity index (χ2n) is 4.17. The minimum absolute atomic E-state index is 0.170. The van der Waals surface area contributed by atoms with Gasteiger partial charge in [-0.3, -0.25) is 4.98 Å². The number of benzene rings is 1. The number of pyridine rings is 1. The SMILES string of the molecule is CCNc1ccccc1S(=O)(=O)NCc1ccccn1. The van der Waals surface area contributed by atoms with Gasteiger partial charge in [0.15, 0.2) is 0 Å². The first-order valence-corrected chi connectivity index (χ1v) is 7.84. The van der Waals surface area contributed by atoms with Gasteiger partial charge in [-0.2, -0.15) is 0 Å². The van der Waals surface area contributed by atoms with Crippen LogP contribution in [0.25, 0.3) is 0 Å². The van der Waals surface area contributed by atoms with Crippen molar-refractivity contribution < 1.29 is 8.42 Å². The first-order chi connectivity index (χ1) is 9.63. The Morgan fingerprint density at radius 1 is 1.10 bits per heavy atom. The summed E-state index contributed by atoms with van der Waals surface area (Å²) in [5, 5.41) is 3.05. The standard InChI is InChI=1S/C14H17N3O2S/c1-2-15-13-8-3-4-9-14(13)20(18,19)17-11-12-7-5-6-10-16-12/h3-10,15,17H,2,11H2,1H3. The molecule has 1 aromatic heterocycles. The monoisotopic (exact) mass is 291 g/mol. The van der Waals surface area contributed by atoms with E-state index in [1.165, 1.54) is 0 Å². The van der Waals surface area contributed by atoms with Crippen LogP contribution in [-0.2, 0) is 16.6 Å². The summed E-state index contributed by atoms with van der Waals surface area (Å²) in [7, 11) is -3.56. The molecule has 2 aromatic rings. The molecule has 20 heavy (non-hydrogen) atoms. The van der Waals surface area contributed by atoms with Gasteiger partial charge in [0.05, 0.1) is 17.9 Å². The molecule has 0 radical (unpaired) electrons. The number of para-hydroxylation sites is 1. The van der Waals surface area contributed by atoms with E-state index in [1.807, 2.05) is 13.0 Å². The number of aromatic nitrogens is 1. The maximum absolute atomic E-state index is 12.3. The molecule has 0 saturated carbocycles. The maximum atomic E-state index is 12.3. The van der Waals surface area contributed by atoms with Gasteiger partial charge in [0.25, 0.3) is 0 Å². The summed E-state index contributed by atoms with van der Waals surface area (Å²) < 4.78 is 27.2. The van der Waals surface area contributed by atoms with Crippen LogP contribution in [-0.4, -0.2) is 19.9 Å². The van der Waals surface area contributed by atoms with Crippen molar-refractivity contribution in [1.82, 2.24) is 9.71 Å². The lowest BCUT2D eigenvalue weighted by Crippen LogP contribution is -2.24. The largest absolute Gasteiger partial charge is 0.384 e. The number of nitrogens with one attached hydrogen (secondary N) is 2. The molecule has 106 valence electrons. The third-order valence-electron chi connectivity index (χ3n) is 2.71. The summed E-state index contributed by atoms with van der Waals surface area (Å²) in [5.74, 6) is 0. The molecule has 0 saturated heterocycles. The number of sulfonamides is 1. The summed E-state index contributed by atoms with van der Waals surface area (Å²) in [6.07, 6.45) is 1.64. The fraction of sp³-hybridized carbons (Fsp3) is 0.214. The first kappa shape index (κ1) is 14.5. The highest BCUT2D eigenvalue weighted by atomic mass is 32.2. The van der Waals surface area contributed by atoms with Crippen LogP contribution < -0.4 is 10.0 Å². The molecule has 1 aromatic carbocycles. The van der Waals surface area contributed by atoms with E-state index in [4.69, 9.17) is 0 Å². The topological polar surface area (TPSA) is 71.1 Å². The lowest BCUT2D eigenvalue weighted by atomic mass is 10.3. The van der Waals surface area contributed by atoms with Gasteiger partial charge in [-0.1, -0.05) is 18.2 Å². The molecule has 0 bridgehead atoms. The van der Waals surface area contributed by atoms with Gasteiger partial charge >= 0.3 is 0 Å². The Morgan fingerprint density at radius 3 is 2.55 bits per heavy atom. The van der Waals surface area contributed by atoms with Gasteiger partial charge in [0, 0.05) is 12.7 Å². The van der Waals surface area contributed by atoms with E-state index in [9.17, 15) is 8.42 Å². The summed E-state index contributed by atoms with van der Waals surface area (Å²) in [6, 6.07) is 12.2. The van der Waals surface area contributed by atoms with E-state index in [-0.39, 0.29) is 11.4 Å². The zero-order valence-corrected chi connectivity index (χ0v) is 12.0. The summed E-state index contributed by atoms with van der Waals surface area (Å²) in [4.78, 5) is 4.34. The minimum Gasteiger partial charge on any atom is -0.384 e. The molecule has 5 nitrogen and oxygen atoms in total. The van der Waals surface area contributed by atoms with E-state index in [0.717, 1.165) is 0 Å². The third kappa shape index (κ3) is 3.55. The fourth-order valence-electron chi connectivity index (χ4n) is 1.79. The zero-order valence-electron chi connectivity index (χ0n) is 11.2. The van der Waals surface area contributed by atoms with E-state index in [1.54, 1.807) is 42.6 Å². The predicted octanol–water partition coefficient (Wildman–Crippen LogP) is 1.99. The summed E-state index contributed by atoms with van der Waals surface area (Å²) >= 11 is 0. The average molecular weight is 291 g/mol. The van der Waals surface area contributed by atoms with Crippen LogP contribution in [0.4, 0.5) is 5.69 Å². The van der Waals surface area contributed by atoms with Crippen molar-refractivity contribution >= 4 is 15.7 Å². The predicted molar refractivity (Wildman–Crippen MR) is 78.9 cm³/mol. The Labute approximate surface area is 119 Å². The number of anilines is 1. The van der Waals surface area contributed by atoms with E-state index in [2.05, 4.69) is 15.0 Å². The Bertz CT molecular complexity index is 657. The lowest BCUT2D eigenvalue weighted by molar-refractivity contribution is 0.580. The summed E-state index contributed by atoms with van der Waals surface area (Å²) in [5.41, 5.74) is 1.28. The van der Waals surface area contributed by atoms with Gasteiger partial charge in [-0.05, 0) is 31.2 Å². The molecular formula is C14H17N3O2S.